The Bertz CT molecular complexity index is 29.9. The van der Waals surface area contributed by atoms with Gasteiger partial charge in [-0.1, -0.05) is 0 Å². The van der Waals surface area contributed by atoms with E-state index in [0.29, 0.717) is 0 Å². The van der Waals surface area contributed by atoms with Gasteiger partial charge in [0.05, 0.1) is 0 Å². The Labute approximate surface area is 39.9 Å². The Hall–Kier alpha value is -0.172. The van der Waals surface area contributed by atoms with E-state index in [2.05, 4.69) is 0 Å². The molecule has 0 rings (SSSR count). The van der Waals surface area contributed by atoms with Gasteiger partial charge in [0.1, 0.15) is 0 Å². The number of rotatable bonds is 0. The van der Waals surface area contributed by atoms with Crippen molar-refractivity contribution >= 4 is 24.1 Å². The first-order valence-corrected chi connectivity index (χ1v) is 0.651. The molecule has 3 nitrogen and oxygen atoms in total. The van der Waals surface area contributed by atoms with Crippen LogP contribution in [0.15, 0.2) is 0 Å². The van der Waals surface area contributed by atoms with Crippen LogP contribution in [0, 0.1) is 0 Å². The van der Waals surface area contributed by atoms with Gasteiger partial charge in [0.15, 0.2) is 0 Å². The van der Waals surface area contributed by atoms with E-state index in [1.54, 1.807) is 0 Å². The summed E-state index contributed by atoms with van der Waals surface area (Å²) in [6.07, 6.45) is -1.83. The fourth-order valence-electron chi connectivity index (χ4n) is 0. The second-order valence-corrected chi connectivity index (χ2v) is 0.283. The van der Waals surface area contributed by atoms with E-state index >= 15 is 0 Å². The van der Waals surface area contributed by atoms with E-state index in [-0.39, 0.29) is 18.0 Å². The second-order valence-electron chi connectivity index (χ2n) is 0.283. The Kier molecular flexibility index (Phi) is 6.77. The molecule has 0 bridgehead atoms. The van der Waals surface area contributed by atoms with E-state index < -0.39 is 6.16 Å². The third kappa shape index (κ3) is 435. The van der Waals surface area contributed by atoms with E-state index in [9.17, 15) is 0 Å². The molecule has 3 radical (unpaired) electrons. The fraction of sp³-hybridized carbons (Fsp3) is 0. The number of hydrogen-bond acceptors (Lipinski definition) is 1. The first-order chi connectivity index (χ1) is 1.73. The third-order valence-electron chi connectivity index (χ3n) is 0. The molecule has 0 aliphatic carbocycles. The van der Waals surface area contributed by atoms with Crippen LogP contribution in [-0.4, -0.2) is 34.3 Å². The first kappa shape index (κ1) is 8.85. The summed E-state index contributed by atoms with van der Waals surface area (Å²) >= 11 is 0. The summed E-state index contributed by atoms with van der Waals surface area (Å²) in [6.45, 7) is 0. The minimum atomic E-state index is -1.83. The van der Waals surface area contributed by atoms with Crippen LogP contribution in [0.5, 0.6) is 0 Å². The van der Waals surface area contributed by atoms with Crippen molar-refractivity contribution in [3.8, 4) is 0 Å². The molecule has 0 heterocycles. The van der Waals surface area contributed by atoms with Gasteiger partial charge < -0.3 is 10.2 Å². The van der Waals surface area contributed by atoms with E-state index in [0.717, 1.165) is 0 Å². The number of carboxylic acid groups (broad SMARTS) is 2. The molecule has 0 spiro atoms. The van der Waals surface area contributed by atoms with Crippen molar-refractivity contribution in [2.45, 2.75) is 0 Å². The summed E-state index contributed by atoms with van der Waals surface area (Å²) in [5, 5.41) is 13.9. The zero-order valence-electron chi connectivity index (χ0n) is 2.25. The van der Waals surface area contributed by atoms with Crippen LogP contribution in [0.25, 0.3) is 0 Å². The Morgan fingerprint density at radius 1 is 1.40 bits per heavy atom. The maximum Gasteiger partial charge on any atom is 0.503 e. The molecule has 0 aliphatic rings. The van der Waals surface area contributed by atoms with Gasteiger partial charge in [0, 0.05) is 18.0 Å². The molecule has 0 unspecified atom stereocenters. The van der Waals surface area contributed by atoms with Gasteiger partial charge in [-0.15, -0.1) is 0 Å². The summed E-state index contributed by atoms with van der Waals surface area (Å²) in [5.74, 6) is 0. The zero-order chi connectivity index (χ0) is 3.58. The standard InChI is InChI=1S/CH2O3.As/c2-1(3)4;/h(H2,2,3,4);. The van der Waals surface area contributed by atoms with Crippen molar-refractivity contribution in [2.75, 3.05) is 0 Å². The molecular formula is CH2AsO3. The Balaban J connectivity index is 0. The smallest absolute Gasteiger partial charge is 0.450 e. The zero-order valence-corrected chi connectivity index (χ0v) is 4.13. The fourth-order valence-corrected chi connectivity index (χ4v) is 0. The van der Waals surface area contributed by atoms with E-state index in [1.165, 1.54) is 0 Å². The third-order valence-corrected chi connectivity index (χ3v) is 0. The van der Waals surface area contributed by atoms with Gasteiger partial charge in [-0.2, -0.15) is 0 Å². The van der Waals surface area contributed by atoms with Crippen molar-refractivity contribution in [3.05, 3.63) is 0 Å². The van der Waals surface area contributed by atoms with Crippen molar-refractivity contribution in [2.24, 2.45) is 0 Å². The predicted molar refractivity (Wildman–Crippen MR) is 16.4 cm³/mol. The quantitative estimate of drug-likeness (QED) is 0.456. The summed E-state index contributed by atoms with van der Waals surface area (Å²) in [7, 11) is 0. The molecule has 0 aromatic carbocycles. The molecule has 0 amide bonds. The van der Waals surface area contributed by atoms with Crippen LogP contribution < -0.4 is 0 Å². The Morgan fingerprint density at radius 2 is 1.40 bits per heavy atom. The van der Waals surface area contributed by atoms with Gasteiger partial charge in [-0.25, -0.2) is 4.79 Å². The van der Waals surface area contributed by atoms with Crippen LogP contribution in [0.2, 0.25) is 0 Å². The van der Waals surface area contributed by atoms with E-state index in [1.807, 2.05) is 0 Å². The van der Waals surface area contributed by atoms with Crippen molar-refractivity contribution in [1.29, 1.82) is 0 Å². The Morgan fingerprint density at radius 3 is 1.40 bits per heavy atom. The van der Waals surface area contributed by atoms with Crippen molar-refractivity contribution < 1.29 is 15.0 Å². The number of hydrogen-bond donors (Lipinski definition) is 2. The van der Waals surface area contributed by atoms with Gasteiger partial charge in [0.2, 0.25) is 0 Å². The monoisotopic (exact) mass is 137 g/mol. The van der Waals surface area contributed by atoms with E-state index in [4.69, 9.17) is 15.0 Å². The molecule has 0 saturated heterocycles. The van der Waals surface area contributed by atoms with Crippen LogP contribution in [0.3, 0.4) is 0 Å². The molecule has 0 aromatic rings. The van der Waals surface area contributed by atoms with Gasteiger partial charge in [-0.05, 0) is 0 Å². The first-order valence-electron chi connectivity index (χ1n) is 0.651. The predicted octanol–water partition coefficient (Wildman–Crippen LogP) is -0.158. The molecule has 0 atom stereocenters. The summed E-state index contributed by atoms with van der Waals surface area (Å²) < 4.78 is 0. The van der Waals surface area contributed by atoms with Crippen LogP contribution in [0.1, 0.15) is 0 Å². The van der Waals surface area contributed by atoms with Gasteiger partial charge in [0.25, 0.3) is 0 Å². The molecular weight excluding hydrogens is 135 g/mol. The maximum absolute atomic E-state index is 8.56. The molecule has 5 heavy (non-hydrogen) atoms. The van der Waals surface area contributed by atoms with Crippen molar-refractivity contribution in [3.63, 3.8) is 0 Å². The topological polar surface area (TPSA) is 57.5 Å². The maximum atomic E-state index is 8.56. The molecule has 2 N–H and O–H groups in total. The second kappa shape index (κ2) is 3.83. The minimum Gasteiger partial charge on any atom is -0.450 e. The summed E-state index contributed by atoms with van der Waals surface area (Å²) in [5.41, 5.74) is 0. The SMILES string of the molecule is O=C(O)O.[As]. The minimum absolute atomic E-state index is 0. The summed E-state index contributed by atoms with van der Waals surface area (Å²) in [6, 6.07) is 0. The molecule has 4 heteroatoms. The molecule has 29 valence electrons. The van der Waals surface area contributed by atoms with Crippen LogP contribution in [-0.2, 0) is 0 Å². The average molecular weight is 137 g/mol. The van der Waals surface area contributed by atoms with Gasteiger partial charge in [-0.3, -0.25) is 0 Å². The average Bonchev–Trinajstić information content (AvgIpc) is 0.811. The molecule has 0 saturated carbocycles. The normalized spacial score (nSPS) is 4.80. The largest absolute Gasteiger partial charge is 0.503 e. The van der Waals surface area contributed by atoms with Crippen LogP contribution in [0.4, 0.5) is 4.79 Å². The number of carbonyl (C=O) groups is 1. The molecule has 0 aliphatic heterocycles. The van der Waals surface area contributed by atoms with Gasteiger partial charge >= 0.3 is 6.16 Å². The molecule has 0 aromatic heterocycles. The summed E-state index contributed by atoms with van der Waals surface area (Å²) in [4.78, 5) is 8.56. The van der Waals surface area contributed by atoms with Crippen LogP contribution >= 0.6 is 0 Å². The van der Waals surface area contributed by atoms with Crippen molar-refractivity contribution in [1.82, 2.24) is 0 Å². The molecule has 0 fully saturated rings.